The lowest BCUT2D eigenvalue weighted by atomic mass is 10.1. The van der Waals surface area contributed by atoms with Crippen LogP contribution in [0.25, 0.3) is 26.3 Å². The number of nitrogens with zero attached hydrogens (tertiary/aromatic N) is 3. The van der Waals surface area contributed by atoms with Crippen molar-refractivity contribution in [1.29, 1.82) is 0 Å². The minimum atomic E-state index is -0.813. The van der Waals surface area contributed by atoms with Crippen LogP contribution >= 0.6 is 22.9 Å². The standard InChI is InChI=1S/C19H12ClN3O5S/c1-2-28-18(25)11-9-22(19-21-13-5-3-4-6-16(13)29-19)14-8-12(20)15(23(26)27)7-10(14)17(11)24/h3-9H,2H2,1H3. The van der Waals surface area contributed by atoms with Gasteiger partial charge in [-0.1, -0.05) is 35.1 Å². The lowest BCUT2D eigenvalue weighted by molar-refractivity contribution is -0.384. The van der Waals surface area contributed by atoms with Gasteiger partial charge in [-0.2, -0.15) is 0 Å². The summed E-state index contributed by atoms with van der Waals surface area (Å²) in [6.07, 6.45) is 1.34. The third-order valence-corrected chi connectivity index (χ3v) is 5.59. The van der Waals surface area contributed by atoms with Crippen molar-refractivity contribution in [2.75, 3.05) is 6.61 Å². The third-order valence-electron chi connectivity index (χ3n) is 4.25. The van der Waals surface area contributed by atoms with Crippen LogP contribution in [0.1, 0.15) is 17.3 Å². The molecule has 0 amide bonds. The van der Waals surface area contributed by atoms with Crippen molar-refractivity contribution >= 4 is 55.7 Å². The quantitative estimate of drug-likeness (QED) is 0.271. The molecule has 4 rings (SSSR count). The number of rotatable bonds is 4. The number of carbonyl (C=O) groups is 1. The highest BCUT2D eigenvalue weighted by atomic mass is 35.5. The highest BCUT2D eigenvalue weighted by Gasteiger charge is 2.23. The average Bonchev–Trinajstić information content (AvgIpc) is 3.11. The number of hydrogen-bond donors (Lipinski definition) is 0. The second-order valence-electron chi connectivity index (χ2n) is 6.00. The molecular formula is C19H12ClN3O5S. The van der Waals surface area contributed by atoms with Gasteiger partial charge < -0.3 is 4.74 Å². The van der Waals surface area contributed by atoms with Gasteiger partial charge in [-0.05, 0) is 25.1 Å². The molecule has 8 nitrogen and oxygen atoms in total. The third kappa shape index (κ3) is 3.24. The van der Waals surface area contributed by atoms with Gasteiger partial charge in [0.25, 0.3) is 5.69 Å². The van der Waals surface area contributed by atoms with Gasteiger partial charge in [0.1, 0.15) is 10.6 Å². The van der Waals surface area contributed by atoms with Gasteiger partial charge in [-0.3, -0.25) is 19.5 Å². The molecule has 2 heterocycles. The van der Waals surface area contributed by atoms with E-state index in [1.54, 1.807) is 6.92 Å². The Balaban J connectivity index is 2.09. The molecule has 0 saturated heterocycles. The molecule has 0 spiro atoms. The number of esters is 1. The van der Waals surface area contributed by atoms with E-state index >= 15 is 0 Å². The summed E-state index contributed by atoms with van der Waals surface area (Å²) in [4.78, 5) is 40.4. The highest BCUT2D eigenvalue weighted by molar-refractivity contribution is 7.20. The molecule has 0 fully saturated rings. The molecule has 0 atom stereocenters. The lowest BCUT2D eigenvalue weighted by Crippen LogP contribution is -2.20. The molecule has 0 N–H and O–H groups in total. The van der Waals surface area contributed by atoms with Crippen LogP contribution in [0.3, 0.4) is 0 Å². The first-order chi connectivity index (χ1) is 13.9. The van der Waals surface area contributed by atoms with Crippen molar-refractivity contribution < 1.29 is 14.5 Å². The number of para-hydroxylation sites is 1. The summed E-state index contributed by atoms with van der Waals surface area (Å²) in [5.74, 6) is -0.813. The molecule has 0 saturated carbocycles. The van der Waals surface area contributed by atoms with E-state index in [1.807, 2.05) is 24.3 Å². The first kappa shape index (κ1) is 19.0. The second-order valence-corrected chi connectivity index (χ2v) is 7.42. The molecular weight excluding hydrogens is 418 g/mol. The Labute approximate surface area is 172 Å². The molecule has 2 aromatic heterocycles. The SMILES string of the molecule is CCOC(=O)c1cn(-c2nc3ccccc3s2)c2cc(Cl)c([N+](=O)[O-])cc2c1=O. The molecule has 146 valence electrons. The van der Waals surface area contributed by atoms with E-state index in [9.17, 15) is 19.7 Å². The molecule has 0 aliphatic heterocycles. The van der Waals surface area contributed by atoms with Crippen LogP contribution in [0.15, 0.2) is 47.4 Å². The summed E-state index contributed by atoms with van der Waals surface area (Å²) >= 11 is 7.42. The highest BCUT2D eigenvalue weighted by Crippen LogP contribution is 2.32. The van der Waals surface area contributed by atoms with Crippen LogP contribution in [0.5, 0.6) is 0 Å². The fourth-order valence-electron chi connectivity index (χ4n) is 2.95. The van der Waals surface area contributed by atoms with Crippen molar-refractivity contribution in [2.45, 2.75) is 6.92 Å². The van der Waals surface area contributed by atoms with Crippen LogP contribution in [-0.2, 0) is 4.74 Å². The second kappa shape index (κ2) is 7.26. The Morgan fingerprint density at radius 3 is 2.79 bits per heavy atom. The maximum atomic E-state index is 12.9. The number of benzene rings is 2. The van der Waals surface area contributed by atoms with E-state index in [1.165, 1.54) is 28.2 Å². The summed E-state index contributed by atoms with van der Waals surface area (Å²) in [6, 6.07) is 9.86. The van der Waals surface area contributed by atoms with E-state index in [-0.39, 0.29) is 22.6 Å². The van der Waals surface area contributed by atoms with Gasteiger partial charge in [-0.15, -0.1) is 0 Å². The predicted molar refractivity (Wildman–Crippen MR) is 110 cm³/mol. The van der Waals surface area contributed by atoms with Gasteiger partial charge in [0.05, 0.1) is 32.6 Å². The Morgan fingerprint density at radius 2 is 2.10 bits per heavy atom. The molecule has 10 heteroatoms. The first-order valence-corrected chi connectivity index (χ1v) is 9.66. The van der Waals surface area contributed by atoms with E-state index < -0.39 is 22.0 Å². The van der Waals surface area contributed by atoms with Crippen LogP contribution in [0, 0.1) is 10.1 Å². The number of nitro benzene ring substituents is 1. The average molecular weight is 430 g/mol. The number of aromatic nitrogens is 2. The normalized spacial score (nSPS) is 11.1. The van der Waals surface area contributed by atoms with Gasteiger partial charge in [-0.25, -0.2) is 9.78 Å². The zero-order valence-electron chi connectivity index (χ0n) is 14.9. The van der Waals surface area contributed by atoms with Gasteiger partial charge in [0, 0.05) is 12.3 Å². The van der Waals surface area contributed by atoms with Crippen LogP contribution < -0.4 is 5.43 Å². The zero-order chi connectivity index (χ0) is 20.7. The Kier molecular flexibility index (Phi) is 4.77. The predicted octanol–water partition coefficient (Wildman–Crippen LogP) is 4.34. The lowest BCUT2D eigenvalue weighted by Gasteiger charge is -2.11. The van der Waals surface area contributed by atoms with E-state index in [0.717, 1.165) is 16.3 Å². The Morgan fingerprint density at radius 1 is 1.34 bits per heavy atom. The van der Waals surface area contributed by atoms with Crippen molar-refractivity contribution in [2.24, 2.45) is 0 Å². The molecule has 29 heavy (non-hydrogen) atoms. The first-order valence-electron chi connectivity index (χ1n) is 8.47. The van der Waals surface area contributed by atoms with Crippen molar-refractivity contribution in [1.82, 2.24) is 9.55 Å². The van der Waals surface area contributed by atoms with Crippen LogP contribution in [0.4, 0.5) is 5.69 Å². The molecule has 0 radical (unpaired) electrons. The smallest absolute Gasteiger partial charge is 0.343 e. The topological polar surface area (TPSA) is 104 Å². The number of fused-ring (bicyclic) bond motifs is 2. The summed E-state index contributed by atoms with van der Waals surface area (Å²) in [5, 5.41) is 11.6. The largest absolute Gasteiger partial charge is 0.462 e. The Hall–Kier alpha value is -3.30. The zero-order valence-corrected chi connectivity index (χ0v) is 16.5. The monoisotopic (exact) mass is 429 g/mol. The van der Waals surface area contributed by atoms with Gasteiger partial charge in [0.2, 0.25) is 5.43 Å². The number of ether oxygens (including phenoxy) is 1. The summed E-state index contributed by atoms with van der Waals surface area (Å²) in [7, 11) is 0. The maximum Gasteiger partial charge on any atom is 0.343 e. The van der Waals surface area contributed by atoms with Crippen molar-refractivity contribution in [3.05, 3.63) is 73.5 Å². The maximum absolute atomic E-state index is 12.9. The van der Waals surface area contributed by atoms with E-state index in [2.05, 4.69) is 4.98 Å². The van der Waals surface area contributed by atoms with Gasteiger partial charge >= 0.3 is 5.97 Å². The number of pyridine rings is 1. The minimum Gasteiger partial charge on any atom is -0.462 e. The molecule has 0 aliphatic carbocycles. The fraction of sp³-hybridized carbons (Fsp3) is 0.105. The Bertz CT molecular complexity index is 1330. The molecule has 0 aliphatic rings. The van der Waals surface area contributed by atoms with Crippen molar-refractivity contribution in [3.63, 3.8) is 0 Å². The number of carbonyl (C=O) groups excluding carboxylic acids is 1. The summed E-state index contributed by atoms with van der Waals surface area (Å²) in [5.41, 5.74) is -0.290. The number of hydrogen-bond acceptors (Lipinski definition) is 7. The minimum absolute atomic E-state index is 0.0223. The van der Waals surface area contributed by atoms with E-state index in [0.29, 0.717) is 10.6 Å². The number of thiazole rings is 1. The van der Waals surface area contributed by atoms with E-state index in [4.69, 9.17) is 16.3 Å². The molecule has 4 aromatic rings. The molecule has 0 unspecified atom stereocenters. The number of nitro groups is 1. The fourth-order valence-corrected chi connectivity index (χ4v) is 4.13. The summed E-state index contributed by atoms with van der Waals surface area (Å²) < 4.78 is 7.41. The molecule has 2 aromatic carbocycles. The van der Waals surface area contributed by atoms with Gasteiger partial charge in [0.15, 0.2) is 5.13 Å². The number of halogens is 1. The molecule has 0 bridgehead atoms. The van der Waals surface area contributed by atoms with Crippen LogP contribution in [-0.4, -0.2) is 27.1 Å². The van der Waals surface area contributed by atoms with Crippen LogP contribution in [0.2, 0.25) is 5.02 Å². The summed E-state index contributed by atoms with van der Waals surface area (Å²) in [6.45, 7) is 1.70. The van der Waals surface area contributed by atoms with Crippen molar-refractivity contribution in [3.8, 4) is 5.13 Å².